The molecule has 2 N–H and O–H groups in total. The van der Waals surface area contributed by atoms with Crippen molar-refractivity contribution >= 4 is 16.9 Å². The van der Waals surface area contributed by atoms with Crippen LogP contribution in [0.25, 0.3) is 16.7 Å². The van der Waals surface area contributed by atoms with E-state index in [0.717, 1.165) is 22.2 Å². The zero-order chi connectivity index (χ0) is 21.6. The highest BCUT2D eigenvalue weighted by Crippen LogP contribution is 2.25. The lowest BCUT2D eigenvalue weighted by molar-refractivity contribution is -0.123. The number of rotatable bonds is 8. The van der Waals surface area contributed by atoms with Gasteiger partial charge in [-0.25, -0.2) is 4.39 Å². The molecule has 0 saturated carbocycles. The van der Waals surface area contributed by atoms with Crippen LogP contribution in [0.15, 0.2) is 66.7 Å². The quantitative estimate of drug-likeness (QED) is 0.458. The van der Waals surface area contributed by atoms with Crippen molar-refractivity contribution in [2.24, 2.45) is 0 Å². The van der Waals surface area contributed by atoms with E-state index in [4.69, 9.17) is 4.74 Å². The van der Waals surface area contributed by atoms with Crippen molar-refractivity contribution < 1.29 is 19.0 Å². The van der Waals surface area contributed by atoms with Gasteiger partial charge in [-0.15, -0.1) is 15.0 Å². The molecule has 31 heavy (non-hydrogen) atoms. The smallest absolute Gasteiger partial charge is 0.258 e. The molecule has 4 rings (SSSR count). The van der Waals surface area contributed by atoms with Crippen molar-refractivity contribution in [1.29, 1.82) is 0 Å². The molecule has 1 aromatic heterocycles. The molecular formula is C23H21FN4O3. The van der Waals surface area contributed by atoms with Crippen molar-refractivity contribution in [2.75, 3.05) is 13.2 Å². The number of fused-ring (bicyclic) bond motifs is 1. The lowest BCUT2D eigenvalue weighted by Crippen LogP contribution is -2.28. The maximum atomic E-state index is 13.0. The molecule has 0 radical (unpaired) electrons. The Morgan fingerprint density at radius 1 is 1.00 bits per heavy atom. The van der Waals surface area contributed by atoms with Crippen LogP contribution in [0.4, 0.5) is 4.39 Å². The number of hydrogen-bond donors (Lipinski definition) is 2. The average molecular weight is 420 g/mol. The molecule has 158 valence electrons. The van der Waals surface area contributed by atoms with Crippen LogP contribution in [0.5, 0.6) is 5.75 Å². The summed E-state index contributed by atoms with van der Waals surface area (Å²) in [6, 6.07) is 18.8. The molecule has 0 saturated heterocycles. The van der Waals surface area contributed by atoms with Gasteiger partial charge in [0.25, 0.3) is 5.91 Å². The summed E-state index contributed by atoms with van der Waals surface area (Å²) in [5.74, 6) is -0.192. The van der Waals surface area contributed by atoms with E-state index in [1.54, 1.807) is 18.2 Å². The second-order valence-corrected chi connectivity index (χ2v) is 6.95. The van der Waals surface area contributed by atoms with Crippen LogP contribution in [0.1, 0.15) is 11.1 Å². The zero-order valence-corrected chi connectivity index (χ0v) is 16.7. The number of aliphatic hydroxyl groups excluding tert-OH is 1. The van der Waals surface area contributed by atoms with E-state index in [-0.39, 0.29) is 31.5 Å². The van der Waals surface area contributed by atoms with Crippen LogP contribution < -0.4 is 10.1 Å². The number of aromatic nitrogens is 3. The highest BCUT2D eigenvalue weighted by molar-refractivity contribution is 5.77. The molecule has 0 unspecified atom stereocenters. The molecule has 0 aliphatic carbocycles. The molecule has 0 aliphatic heterocycles. The van der Waals surface area contributed by atoms with Crippen LogP contribution in [-0.2, 0) is 17.8 Å². The summed E-state index contributed by atoms with van der Waals surface area (Å²) in [6.45, 7) is 0.0884. The van der Waals surface area contributed by atoms with E-state index in [9.17, 15) is 14.3 Å². The summed E-state index contributed by atoms with van der Waals surface area (Å²) in [4.78, 5) is 13.7. The van der Waals surface area contributed by atoms with E-state index in [2.05, 4.69) is 15.5 Å². The van der Waals surface area contributed by atoms with Gasteiger partial charge in [-0.1, -0.05) is 30.3 Å². The monoisotopic (exact) mass is 420 g/mol. The summed E-state index contributed by atoms with van der Waals surface area (Å²) in [5.41, 5.74) is 3.73. The third kappa shape index (κ3) is 5.04. The number of hydrogen-bond acceptors (Lipinski definition) is 5. The normalized spacial score (nSPS) is 10.9. The predicted molar refractivity (Wildman–Crippen MR) is 113 cm³/mol. The fraction of sp³-hybridized carbons (Fsp3) is 0.174. The van der Waals surface area contributed by atoms with Crippen LogP contribution in [-0.4, -0.2) is 39.2 Å². The molecular weight excluding hydrogens is 399 g/mol. The molecule has 1 amide bonds. The van der Waals surface area contributed by atoms with Gasteiger partial charge in [0, 0.05) is 13.2 Å². The Hall–Kier alpha value is -3.78. The highest BCUT2D eigenvalue weighted by Gasteiger charge is 2.13. The lowest BCUT2D eigenvalue weighted by atomic mass is 10.1. The van der Waals surface area contributed by atoms with Crippen molar-refractivity contribution in [3.63, 3.8) is 0 Å². The largest absolute Gasteiger partial charge is 0.481 e. The predicted octanol–water partition coefficient (Wildman–Crippen LogP) is 2.79. The summed E-state index contributed by atoms with van der Waals surface area (Å²) < 4.78 is 18.7. The minimum absolute atomic E-state index is 0.0138. The third-order valence-electron chi connectivity index (χ3n) is 4.69. The van der Waals surface area contributed by atoms with E-state index < -0.39 is 0 Å². The first-order chi connectivity index (χ1) is 15.1. The van der Waals surface area contributed by atoms with E-state index in [1.165, 1.54) is 16.9 Å². The Labute approximate surface area is 178 Å². The summed E-state index contributed by atoms with van der Waals surface area (Å²) in [5, 5.41) is 21.0. The second-order valence-electron chi connectivity index (χ2n) is 6.95. The van der Waals surface area contributed by atoms with Crippen LogP contribution >= 0.6 is 0 Å². The Morgan fingerprint density at radius 2 is 1.68 bits per heavy atom. The molecule has 3 aromatic carbocycles. The first-order valence-electron chi connectivity index (χ1n) is 9.82. The maximum absolute atomic E-state index is 13.0. The molecule has 1 heterocycles. The number of benzene rings is 3. The number of amides is 1. The van der Waals surface area contributed by atoms with E-state index in [0.29, 0.717) is 17.9 Å². The number of ether oxygens (including phenoxy) is 1. The van der Waals surface area contributed by atoms with Gasteiger partial charge in [0.2, 0.25) is 0 Å². The summed E-state index contributed by atoms with van der Waals surface area (Å²) >= 11 is 0. The number of carbonyl (C=O) groups excluding carboxylic acids is 1. The van der Waals surface area contributed by atoms with Gasteiger partial charge in [0.1, 0.15) is 28.3 Å². The Morgan fingerprint density at radius 3 is 2.35 bits per heavy atom. The van der Waals surface area contributed by atoms with Crippen LogP contribution in [0.3, 0.4) is 0 Å². The van der Waals surface area contributed by atoms with Crippen molar-refractivity contribution in [2.45, 2.75) is 13.0 Å². The molecule has 0 aliphatic rings. The maximum Gasteiger partial charge on any atom is 0.258 e. The van der Waals surface area contributed by atoms with E-state index >= 15 is 0 Å². The van der Waals surface area contributed by atoms with Gasteiger partial charge >= 0.3 is 0 Å². The average Bonchev–Trinajstić information content (AvgIpc) is 3.22. The van der Waals surface area contributed by atoms with Crippen LogP contribution in [0, 0.1) is 5.82 Å². The highest BCUT2D eigenvalue weighted by atomic mass is 19.1. The van der Waals surface area contributed by atoms with Crippen LogP contribution in [0.2, 0.25) is 0 Å². The number of nitrogens with zero attached hydrogens (tertiary/aromatic N) is 3. The standard InChI is InChI=1S/C23H21FN4O3/c24-18-8-5-17(6-9-18)14-25-23(30)15-31-22-10-7-16(11-12-29)13-21(22)28-26-19-3-1-2-4-20(19)27-28/h1-10,13,29H,11-12,14-15H2,(H,25,30). The molecule has 7 nitrogen and oxygen atoms in total. The molecule has 0 fully saturated rings. The van der Waals surface area contributed by atoms with Gasteiger partial charge in [0.05, 0.1) is 0 Å². The van der Waals surface area contributed by atoms with Crippen molar-refractivity contribution in [1.82, 2.24) is 20.3 Å². The van der Waals surface area contributed by atoms with Crippen molar-refractivity contribution in [3.8, 4) is 11.4 Å². The summed E-state index contributed by atoms with van der Waals surface area (Å²) in [7, 11) is 0. The second kappa shape index (κ2) is 9.36. The molecule has 4 aromatic rings. The Bertz CT molecular complexity index is 1160. The number of nitrogens with one attached hydrogen (secondary N) is 1. The number of aliphatic hydroxyl groups is 1. The SMILES string of the molecule is O=C(COc1ccc(CCO)cc1-n1nc2ccccc2n1)NCc1ccc(F)cc1. The molecule has 0 bridgehead atoms. The van der Waals surface area contributed by atoms with Gasteiger partial charge in [-0.3, -0.25) is 4.79 Å². The van der Waals surface area contributed by atoms with Gasteiger partial charge < -0.3 is 15.2 Å². The molecule has 0 spiro atoms. The van der Waals surface area contributed by atoms with Gasteiger partial charge in [-0.05, 0) is 53.9 Å². The number of halogens is 1. The Balaban J connectivity index is 1.49. The zero-order valence-electron chi connectivity index (χ0n) is 16.7. The summed E-state index contributed by atoms with van der Waals surface area (Å²) in [6.07, 6.45) is 0.478. The molecule has 8 heteroatoms. The van der Waals surface area contributed by atoms with Gasteiger partial charge in [-0.2, -0.15) is 0 Å². The topological polar surface area (TPSA) is 89.3 Å². The van der Waals surface area contributed by atoms with Crippen molar-refractivity contribution in [3.05, 3.63) is 83.7 Å². The Kier molecular flexibility index (Phi) is 6.18. The lowest BCUT2D eigenvalue weighted by Gasteiger charge is -2.12. The fourth-order valence-electron chi connectivity index (χ4n) is 3.09. The first-order valence-corrected chi connectivity index (χ1v) is 9.82. The number of carbonyl (C=O) groups is 1. The fourth-order valence-corrected chi connectivity index (χ4v) is 3.09. The molecule has 0 atom stereocenters. The minimum Gasteiger partial charge on any atom is -0.481 e. The minimum atomic E-state index is -0.324. The van der Waals surface area contributed by atoms with E-state index in [1.807, 2.05) is 36.4 Å². The first kappa shape index (κ1) is 20.5. The third-order valence-corrected chi connectivity index (χ3v) is 4.69. The van der Waals surface area contributed by atoms with Gasteiger partial charge in [0.15, 0.2) is 6.61 Å².